The molecule has 116 valence electrons. The van der Waals surface area contributed by atoms with Crippen LogP contribution in [0, 0.1) is 6.92 Å². The molecule has 5 nitrogen and oxygen atoms in total. The lowest BCUT2D eigenvalue weighted by Crippen LogP contribution is -2.15. The van der Waals surface area contributed by atoms with Crippen molar-refractivity contribution >= 4 is 34.6 Å². The predicted octanol–water partition coefficient (Wildman–Crippen LogP) is 3.77. The summed E-state index contributed by atoms with van der Waals surface area (Å²) in [4.78, 5) is 12.9. The fourth-order valence-electron chi connectivity index (χ4n) is 2.01. The average molecular weight is 324 g/mol. The van der Waals surface area contributed by atoms with E-state index in [-0.39, 0.29) is 5.91 Å². The smallest absolute Gasteiger partial charge is 0.230 e. The van der Waals surface area contributed by atoms with Gasteiger partial charge < -0.3 is 10.6 Å². The van der Waals surface area contributed by atoms with Crippen LogP contribution in [0.1, 0.15) is 10.4 Å². The Morgan fingerprint density at radius 1 is 1.04 bits per heavy atom. The molecular weight excluding hydrogens is 308 g/mol. The molecule has 0 bridgehead atoms. The van der Waals surface area contributed by atoms with Gasteiger partial charge in [0, 0.05) is 10.6 Å². The fourth-order valence-corrected chi connectivity index (χ4v) is 2.71. The molecule has 0 saturated heterocycles. The fraction of sp³-hybridized carbons (Fsp3) is 0.118. The Hall–Kier alpha value is -2.73. The maximum atomic E-state index is 11.9. The highest BCUT2D eigenvalue weighted by Gasteiger charge is 2.06. The summed E-state index contributed by atoms with van der Waals surface area (Å²) < 4.78 is 0. The summed E-state index contributed by atoms with van der Waals surface area (Å²) in [5.74, 6) is 0.979. The van der Waals surface area contributed by atoms with E-state index in [0.29, 0.717) is 18.1 Å². The van der Waals surface area contributed by atoms with Crippen molar-refractivity contribution in [3.8, 4) is 0 Å². The molecule has 23 heavy (non-hydrogen) atoms. The van der Waals surface area contributed by atoms with E-state index >= 15 is 0 Å². The van der Waals surface area contributed by atoms with E-state index in [1.807, 2.05) is 48.7 Å². The molecule has 2 N–H and O–H groups in total. The molecule has 1 amide bonds. The number of nitrogens with zero attached hydrogens (tertiary/aromatic N) is 2. The van der Waals surface area contributed by atoms with Gasteiger partial charge in [0.1, 0.15) is 0 Å². The van der Waals surface area contributed by atoms with Crippen LogP contribution in [0.5, 0.6) is 0 Å². The van der Waals surface area contributed by atoms with Gasteiger partial charge in [-0.1, -0.05) is 23.8 Å². The zero-order valence-electron chi connectivity index (χ0n) is 12.6. The third-order valence-corrected chi connectivity index (χ3v) is 4.05. The van der Waals surface area contributed by atoms with Crippen LogP contribution in [0.25, 0.3) is 0 Å². The topological polar surface area (TPSA) is 66.9 Å². The summed E-state index contributed by atoms with van der Waals surface area (Å²) in [7, 11) is 0. The van der Waals surface area contributed by atoms with Gasteiger partial charge in [-0.25, -0.2) is 0 Å². The molecule has 1 aromatic carbocycles. The number of aromatic nitrogens is 2. The van der Waals surface area contributed by atoms with Crippen molar-refractivity contribution in [2.45, 2.75) is 13.3 Å². The number of hydrogen-bond acceptors (Lipinski definition) is 5. The first kappa shape index (κ1) is 15.2. The van der Waals surface area contributed by atoms with Gasteiger partial charge in [0.15, 0.2) is 11.6 Å². The zero-order valence-corrected chi connectivity index (χ0v) is 13.4. The number of carbonyl (C=O) groups excluding carboxylic acids is 1. The minimum absolute atomic E-state index is 0.0963. The number of hydrogen-bond donors (Lipinski definition) is 2. The van der Waals surface area contributed by atoms with Crippen LogP contribution in [0.15, 0.2) is 53.9 Å². The van der Waals surface area contributed by atoms with Crippen molar-refractivity contribution in [1.29, 1.82) is 0 Å². The van der Waals surface area contributed by atoms with Gasteiger partial charge in [-0.15, -0.1) is 21.5 Å². The normalized spacial score (nSPS) is 10.3. The van der Waals surface area contributed by atoms with Crippen molar-refractivity contribution in [2.75, 3.05) is 10.6 Å². The third kappa shape index (κ3) is 4.37. The SMILES string of the molecule is Cc1ccc(Nc2ccc(NC(=O)Cc3cccs3)nn2)cc1. The molecule has 0 aliphatic rings. The van der Waals surface area contributed by atoms with E-state index in [2.05, 4.69) is 20.8 Å². The first-order chi connectivity index (χ1) is 11.2. The lowest BCUT2D eigenvalue weighted by atomic mass is 10.2. The number of nitrogens with one attached hydrogen (secondary N) is 2. The summed E-state index contributed by atoms with van der Waals surface area (Å²) >= 11 is 1.56. The van der Waals surface area contributed by atoms with Gasteiger partial charge in [-0.2, -0.15) is 0 Å². The van der Waals surface area contributed by atoms with E-state index in [1.165, 1.54) is 5.56 Å². The Kier molecular flexibility index (Phi) is 4.63. The van der Waals surface area contributed by atoms with Crippen molar-refractivity contribution < 1.29 is 4.79 Å². The summed E-state index contributed by atoms with van der Waals surface area (Å²) in [6, 6.07) is 15.4. The highest BCUT2D eigenvalue weighted by atomic mass is 32.1. The van der Waals surface area contributed by atoms with Crippen molar-refractivity contribution in [3.05, 3.63) is 64.4 Å². The number of aryl methyl sites for hydroxylation is 1. The first-order valence-electron chi connectivity index (χ1n) is 7.19. The molecule has 0 atom stereocenters. The number of anilines is 3. The number of benzene rings is 1. The van der Waals surface area contributed by atoms with Gasteiger partial charge in [0.25, 0.3) is 0 Å². The Morgan fingerprint density at radius 2 is 1.78 bits per heavy atom. The third-order valence-electron chi connectivity index (χ3n) is 3.17. The van der Waals surface area contributed by atoms with Crippen molar-refractivity contribution in [1.82, 2.24) is 10.2 Å². The molecule has 0 fully saturated rings. The highest BCUT2D eigenvalue weighted by molar-refractivity contribution is 7.10. The Labute approximate surface area is 138 Å². The maximum Gasteiger partial charge on any atom is 0.230 e. The second kappa shape index (κ2) is 7.02. The molecule has 3 aromatic rings. The van der Waals surface area contributed by atoms with Gasteiger partial charge in [0.05, 0.1) is 6.42 Å². The Morgan fingerprint density at radius 3 is 2.43 bits per heavy atom. The second-order valence-corrected chi connectivity index (χ2v) is 6.13. The largest absolute Gasteiger partial charge is 0.339 e. The summed E-state index contributed by atoms with van der Waals surface area (Å²) in [6.45, 7) is 2.04. The molecule has 2 aromatic heterocycles. The molecule has 0 spiro atoms. The minimum atomic E-state index is -0.0963. The van der Waals surface area contributed by atoms with E-state index < -0.39 is 0 Å². The van der Waals surface area contributed by atoms with Crippen LogP contribution in [0.4, 0.5) is 17.3 Å². The lowest BCUT2D eigenvalue weighted by Gasteiger charge is -2.06. The number of rotatable bonds is 5. The standard InChI is InChI=1S/C17H16N4OS/c1-12-4-6-13(7-5-12)18-15-8-9-16(21-20-15)19-17(22)11-14-3-2-10-23-14/h2-10H,11H2,1H3,(H,18,20)(H,19,21,22). The molecule has 0 saturated carbocycles. The highest BCUT2D eigenvalue weighted by Crippen LogP contribution is 2.16. The van der Waals surface area contributed by atoms with Crippen LogP contribution in [-0.4, -0.2) is 16.1 Å². The molecule has 2 heterocycles. The van der Waals surface area contributed by atoms with Crippen LogP contribution >= 0.6 is 11.3 Å². The monoisotopic (exact) mass is 324 g/mol. The van der Waals surface area contributed by atoms with E-state index in [4.69, 9.17) is 0 Å². The summed E-state index contributed by atoms with van der Waals surface area (Å²) in [5.41, 5.74) is 2.14. The predicted molar refractivity (Wildman–Crippen MR) is 93.1 cm³/mol. The lowest BCUT2D eigenvalue weighted by molar-refractivity contribution is -0.115. The minimum Gasteiger partial charge on any atom is -0.339 e. The average Bonchev–Trinajstić information content (AvgIpc) is 3.04. The zero-order chi connectivity index (χ0) is 16.1. The van der Waals surface area contributed by atoms with Crippen molar-refractivity contribution in [2.24, 2.45) is 0 Å². The van der Waals surface area contributed by atoms with Crippen LogP contribution in [-0.2, 0) is 11.2 Å². The van der Waals surface area contributed by atoms with Crippen LogP contribution in [0.3, 0.4) is 0 Å². The van der Waals surface area contributed by atoms with Crippen molar-refractivity contribution in [3.63, 3.8) is 0 Å². The quantitative estimate of drug-likeness (QED) is 0.749. The van der Waals surface area contributed by atoms with Gasteiger partial charge in [-0.3, -0.25) is 4.79 Å². The van der Waals surface area contributed by atoms with Gasteiger partial charge in [0.2, 0.25) is 5.91 Å². The molecule has 6 heteroatoms. The molecule has 0 unspecified atom stereocenters. The van der Waals surface area contributed by atoms with Crippen LogP contribution in [0.2, 0.25) is 0 Å². The van der Waals surface area contributed by atoms with Gasteiger partial charge in [-0.05, 0) is 42.6 Å². The van der Waals surface area contributed by atoms with E-state index in [0.717, 1.165) is 10.6 Å². The molecule has 0 radical (unpaired) electrons. The molecular formula is C17H16N4OS. The summed E-state index contributed by atoms with van der Waals surface area (Å²) in [5, 5.41) is 16.0. The van der Waals surface area contributed by atoms with E-state index in [1.54, 1.807) is 23.5 Å². The Balaban J connectivity index is 1.58. The first-order valence-corrected chi connectivity index (χ1v) is 8.07. The molecule has 0 aliphatic heterocycles. The maximum absolute atomic E-state index is 11.9. The van der Waals surface area contributed by atoms with Gasteiger partial charge >= 0.3 is 0 Å². The van der Waals surface area contributed by atoms with E-state index in [9.17, 15) is 4.79 Å². The Bertz CT molecular complexity index is 767. The second-order valence-electron chi connectivity index (χ2n) is 5.10. The molecule has 0 aliphatic carbocycles. The number of carbonyl (C=O) groups is 1. The number of thiophene rings is 1. The van der Waals surface area contributed by atoms with Crippen LogP contribution < -0.4 is 10.6 Å². The molecule has 3 rings (SSSR count). The number of amides is 1. The summed E-state index contributed by atoms with van der Waals surface area (Å²) in [6.07, 6.45) is 0.350.